The van der Waals surface area contributed by atoms with Gasteiger partial charge < -0.3 is 0 Å². The molecule has 0 spiro atoms. The lowest BCUT2D eigenvalue weighted by molar-refractivity contribution is 0.0110. The number of rotatable bonds is 0. The lowest BCUT2D eigenvalue weighted by Gasteiger charge is -2.14. The van der Waals surface area contributed by atoms with E-state index in [4.69, 9.17) is 0 Å². The molecule has 10 atom stereocenters. The van der Waals surface area contributed by atoms with E-state index in [0.29, 0.717) is 60.4 Å². The van der Waals surface area contributed by atoms with Crippen LogP contribution in [0.4, 0.5) is 0 Å². The Bertz CT molecular complexity index is 1080. The summed E-state index contributed by atoms with van der Waals surface area (Å²) in [4.78, 5) is 4.67. The van der Waals surface area contributed by atoms with Gasteiger partial charge in [0, 0.05) is 109 Å². The Balaban J connectivity index is 0.000000310. The molecule has 6 N–H and O–H groups in total. The van der Waals surface area contributed by atoms with Crippen LogP contribution in [0, 0.1) is 27.7 Å². The Morgan fingerprint density at radius 1 is 0.472 bits per heavy atom. The van der Waals surface area contributed by atoms with Crippen LogP contribution in [0.15, 0.2) is 4.63 Å². The lowest BCUT2D eigenvalue weighted by Crippen LogP contribution is -2.29. The fourth-order valence-corrected chi connectivity index (χ4v) is 7.89. The van der Waals surface area contributed by atoms with Crippen molar-refractivity contribution in [1.82, 2.24) is 66.1 Å². The van der Waals surface area contributed by atoms with E-state index in [-0.39, 0.29) is 0 Å². The van der Waals surface area contributed by atoms with Crippen LogP contribution in [0.3, 0.4) is 0 Å². The van der Waals surface area contributed by atoms with Crippen LogP contribution in [0.1, 0.15) is 92.0 Å². The van der Waals surface area contributed by atoms with Crippen molar-refractivity contribution in [2.45, 2.75) is 157 Å². The van der Waals surface area contributed by atoms with Gasteiger partial charge in [0.15, 0.2) is 0 Å². The molecular weight excluding hydrogens is 773 g/mol. The van der Waals surface area contributed by atoms with Crippen molar-refractivity contribution in [2.75, 3.05) is 28.2 Å². The Kier molecular flexibility index (Phi) is 25.4. The molecule has 21 heteroatoms. The second kappa shape index (κ2) is 26.6. The van der Waals surface area contributed by atoms with Crippen molar-refractivity contribution in [2.24, 2.45) is 0 Å². The van der Waals surface area contributed by atoms with Crippen molar-refractivity contribution < 1.29 is 9.57 Å². The van der Waals surface area contributed by atoms with E-state index in [1.807, 2.05) is 27.7 Å². The van der Waals surface area contributed by atoms with Gasteiger partial charge in [-0.1, -0.05) is 10.3 Å². The molecule has 10 unspecified atom stereocenters. The van der Waals surface area contributed by atoms with Gasteiger partial charge in [-0.2, -0.15) is 19.7 Å². The molecule has 0 amide bonds. The predicted molar refractivity (Wildman–Crippen MR) is 229 cm³/mol. The monoisotopic (exact) mass is 842 g/mol. The van der Waals surface area contributed by atoms with Crippen LogP contribution in [-0.4, -0.2) is 125 Å². The number of hydrogen-bond donors (Lipinski definition) is 6. The minimum absolute atomic E-state index is 0.431. The summed E-state index contributed by atoms with van der Waals surface area (Å²) >= 11 is 8.05. The van der Waals surface area contributed by atoms with E-state index in [0.717, 1.165) is 22.8 Å². The molecule has 5 saturated heterocycles. The first-order chi connectivity index (χ1) is 24.8. The summed E-state index contributed by atoms with van der Waals surface area (Å²) in [5.74, 6) is 0. The standard InChI is InChI=1S/C6H14N2S.2C5H12N2S.C4H10N2O.C4H6N2O.C4H10N2S.C4H6N2S/c1-5-6(2)8(4)9-7(5)3;2*1-4-5(2)7(3)8-6-4;4*1-3-4(2)6-7-5-3/h5-6H,1-4H3;2*4-6H,1-3H3;3-6H,1-2H3;1-2H3;3-6H,1-2H3;1-2H3. The Labute approximate surface area is 342 Å². The molecule has 0 aliphatic carbocycles. The number of hydroxylamine groups is 2. The molecule has 16 nitrogen and oxygen atoms in total. The van der Waals surface area contributed by atoms with E-state index in [2.05, 4.69) is 173 Å². The number of nitrogens with one attached hydrogen (secondary N) is 6. The maximum absolute atomic E-state index is 4.67. The summed E-state index contributed by atoms with van der Waals surface area (Å²) in [5, 5.41) is 7.06. The first-order valence-corrected chi connectivity index (χ1v) is 21.9. The Morgan fingerprint density at radius 2 is 0.849 bits per heavy atom. The summed E-state index contributed by atoms with van der Waals surface area (Å²) in [6.45, 7) is 29.4. The summed E-state index contributed by atoms with van der Waals surface area (Å²) < 4.78 is 34.1. The van der Waals surface area contributed by atoms with Crippen molar-refractivity contribution in [3.63, 3.8) is 0 Å². The molecule has 5 aliphatic heterocycles. The highest BCUT2D eigenvalue weighted by molar-refractivity contribution is 7.96. The minimum atomic E-state index is 0.431. The molecule has 2 aromatic rings. The topological polar surface area (TPSA) is 159 Å². The maximum atomic E-state index is 4.67. The molecule has 310 valence electrons. The van der Waals surface area contributed by atoms with Gasteiger partial charge in [-0.3, -0.25) is 0 Å². The average molecular weight is 843 g/mol. The van der Waals surface area contributed by atoms with Gasteiger partial charge in [0.25, 0.3) is 0 Å². The number of hydrogen-bond acceptors (Lipinski definition) is 21. The van der Waals surface area contributed by atoms with E-state index in [1.54, 1.807) is 48.5 Å². The van der Waals surface area contributed by atoms with E-state index in [9.17, 15) is 0 Å². The molecular formula is C32H70N14O2S5. The SMILES string of the molecule is CC1C(C)N(C)SN1C.CC1NONC1C.CC1NSN(C)C1C.CC1NSN(C)C1C.CC1NSNC1C.Cc1nonc1C.Cc1nsnc1C. The molecule has 5 fully saturated rings. The quantitative estimate of drug-likeness (QED) is 0.195. The summed E-state index contributed by atoms with van der Waals surface area (Å²) in [5.41, 5.74) is 9.33. The predicted octanol–water partition coefficient (Wildman–Crippen LogP) is 5.09. The third-order valence-electron chi connectivity index (χ3n) is 9.70. The Morgan fingerprint density at radius 3 is 0.962 bits per heavy atom. The Hall–Kier alpha value is -0.340. The number of aromatic nitrogens is 4. The molecule has 53 heavy (non-hydrogen) atoms. The highest BCUT2D eigenvalue weighted by Crippen LogP contribution is 2.29. The third kappa shape index (κ3) is 19.1. The van der Waals surface area contributed by atoms with Gasteiger partial charge in [-0.15, -0.1) is 0 Å². The molecule has 2 aromatic heterocycles. The summed E-state index contributed by atoms with van der Waals surface area (Å²) in [7, 11) is 8.47. The zero-order valence-electron chi connectivity index (χ0n) is 35.2. The average Bonchev–Trinajstić information content (AvgIpc) is 4.01. The normalized spacial score (nSPS) is 32.7. The van der Waals surface area contributed by atoms with Crippen molar-refractivity contribution >= 4 is 60.3 Å². The van der Waals surface area contributed by atoms with E-state index >= 15 is 0 Å². The van der Waals surface area contributed by atoms with Gasteiger partial charge in [-0.25, -0.2) is 45.7 Å². The van der Waals surface area contributed by atoms with Crippen LogP contribution in [0.2, 0.25) is 0 Å². The third-order valence-corrected chi connectivity index (χ3v) is 14.8. The zero-order valence-corrected chi connectivity index (χ0v) is 39.3. The second-order valence-electron chi connectivity index (χ2n) is 13.9. The van der Waals surface area contributed by atoms with Gasteiger partial charge in [0.2, 0.25) is 0 Å². The fourth-order valence-electron chi connectivity index (χ4n) is 3.68. The van der Waals surface area contributed by atoms with Gasteiger partial charge in [-0.05, 0) is 125 Å². The van der Waals surface area contributed by atoms with E-state index in [1.165, 1.54) is 11.7 Å². The van der Waals surface area contributed by atoms with Gasteiger partial charge >= 0.3 is 0 Å². The number of nitrogens with zero attached hydrogens (tertiary/aromatic N) is 8. The molecule has 5 aliphatic rings. The zero-order chi connectivity index (χ0) is 40.4. The molecule has 0 radical (unpaired) electrons. The first kappa shape index (κ1) is 50.7. The second-order valence-corrected chi connectivity index (χ2v) is 18.4. The first-order valence-electron chi connectivity index (χ1n) is 18.1. The molecule has 7 heterocycles. The van der Waals surface area contributed by atoms with Crippen molar-refractivity contribution in [1.29, 1.82) is 0 Å². The molecule has 7 rings (SSSR count). The van der Waals surface area contributed by atoms with Gasteiger partial charge in [0.05, 0.1) is 23.1 Å². The fraction of sp³-hybridized carbons (Fsp3) is 0.875. The van der Waals surface area contributed by atoms with Crippen LogP contribution in [0.5, 0.6) is 0 Å². The molecule has 0 saturated carbocycles. The maximum Gasteiger partial charge on any atom is 0.104 e. The summed E-state index contributed by atoms with van der Waals surface area (Å²) in [6, 6.07) is 6.05. The highest BCUT2D eigenvalue weighted by atomic mass is 32.2. The smallest absolute Gasteiger partial charge is 0.104 e. The number of aryl methyl sites for hydroxylation is 4. The largest absolute Gasteiger partial charge is 0.246 e. The minimum Gasteiger partial charge on any atom is -0.246 e. The number of likely N-dealkylation sites (N-methyl/N-ethyl adjacent to an activating group) is 4. The molecule has 0 bridgehead atoms. The summed E-state index contributed by atoms with van der Waals surface area (Å²) in [6.07, 6.45) is 0. The highest BCUT2D eigenvalue weighted by Gasteiger charge is 2.30. The van der Waals surface area contributed by atoms with Crippen LogP contribution >= 0.6 is 60.3 Å². The van der Waals surface area contributed by atoms with Crippen LogP contribution in [0.25, 0.3) is 0 Å². The lowest BCUT2D eigenvalue weighted by atomic mass is 10.2. The van der Waals surface area contributed by atoms with Crippen LogP contribution < -0.4 is 29.8 Å². The van der Waals surface area contributed by atoms with Crippen molar-refractivity contribution in [3.05, 3.63) is 22.8 Å². The van der Waals surface area contributed by atoms with Crippen molar-refractivity contribution in [3.8, 4) is 0 Å². The van der Waals surface area contributed by atoms with Gasteiger partial charge in [0.1, 0.15) is 11.4 Å². The van der Waals surface area contributed by atoms with E-state index < -0.39 is 0 Å². The molecule has 0 aromatic carbocycles. The van der Waals surface area contributed by atoms with Crippen LogP contribution in [-0.2, 0) is 4.94 Å².